The van der Waals surface area contributed by atoms with Gasteiger partial charge in [-0.1, -0.05) is 30.3 Å². The van der Waals surface area contributed by atoms with Gasteiger partial charge in [0, 0.05) is 6.42 Å². The molecule has 19 heavy (non-hydrogen) atoms. The van der Waals surface area contributed by atoms with Crippen LogP contribution in [0.2, 0.25) is 0 Å². The normalized spacial score (nSPS) is 14.2. The van der Waals surface area contributed by atoms with Crippen molar-refractivity contribution in [1.82, 2.24) is 0 Å². The second-order valence-corrected chi connectivity index (χ2v) is 5.87. The Morgan fingerprint density at radius 2 is 1.89 bits per heavy atom. The van der Waals surface area contributed by atoms with Crippen molar-refractivity contribution in [3.8, 4) is 0 Å². The number of halogens is 2. The second kappa shape index (κ2) is 5.43. The molecule has 0 spiro atoms. The summed E-state index contributed by atoms with van der Waals surface area (Å²) < 4.78 is 13.6. The Bertz CT molecular complexity index is 593. The van der Waals surface area contributed by atoms with E-state index in [9.17, 15) is 9.50 Å². The van der Waals surface area contributed by atoms with Crippen LogP contribution in [-0.4, -0.2) is 5.11 Å². The van der Waals surface area contributed by atoms with Crippen LogP contribution in [0.25, 0.3) is 0 Å². The summed E-state index contributed by atoms with van der Waals surface area (Å²) in [6, 6.07) is 12.6. The molecule has 0 saturated carbocycles. The summed E-state index contributed by atoms with van der Waals surface area (Å²) in [7, 11) is 0. The minimum atomic E-state index is -0.970. The molecule has 3 heteroatoms. The van der Waals surface area contributed by atoms with Crippen LogP contribution in [0.5, 0.6) is 0 Å². The van der Waals surface area contributed by atoms with Gasteiger partial charge in [0.25, 0.3) is 0 Å². The smallest absolute Gasteiger partial charge is 0.137 e. The largest absolute Gasteiger partial charge is 0.385 e. The molecule has 0 heterocycles. The fourth-order valence-electron chi connectivity index (χ4n) is 2.32. The van der Waals surface area contributed by atoms with Gasteiger partial charge in [0.1, 0.15) is 5.82 Å². The molecular formula is C16H16BrFO. The van der Waals surface area contributed by atoms with Crippen molar-refractivity contribution >= 4 is 15.9 Å². The van der Waals surface area contributed by atoms with E-state index in [1.165, 1.54) is 6.07 Å². The molecule has 0 bridgehead atoms. The van der Waals surface area contributed by atoms with E-state index in [0.717, 1.165) is 16.7 Å². The monoisotopic (exact) mass is 322 g/mol. The fraction of sp³-hybridized carbons (Fsp3) is 0.250. The summed E-state index contributed by atoms with van der Waals surface area (Å²) in [5, 5.41) is 10.7. The third kappa shape index (κ3) is 3.23. The number of rotatable bonds is 3. The van der Waals surface area contributed by atoms with Crippen molar-refractivity contribution < 1.29 is 9.50 Å². The lowest BCUT2D eigenvalue weighted by molar-refractivity contribution is 0.0569. The van der Waals surface area contributed by atoms with Gasteiger partial charge in [-0.3, -0.25) is 0 Å². The molecule has 2 aromatic rings. The van der Waals surface area contributed by atoms with Crippen molar-refractivity contribution in [2.75, 3.05) is 0 Å². The molecule has 0 fully saturated rings. The van der Waals surface area contributed by atoms with Crippen molar-refractivity contribution in [2.24, 2.45) is 0 Å². The molecule has 0 amide bonds. The lowest BCUT2D eigenvalue weighted by atomic mass is 9.86. The maximum absolute atomic E-state index is 13.2. The van der Waals surface area contributed by atoms with Gasteiger partial charge in [0.15, 0.2) is 0 Å². The molecule has 0 aliphatic heterocycles. The Hall–Kier alpha value is -1.19. The van der Waals surface area contributed by atoms with Crippen molar-refractivity contribution in [1.29, 1.82) is 0 Å². The predicted molar refractivity (Wildman–Crippen MR) is 78.6 cm³/mol. The Morgan fingerprint density at radius 3 is 2.53 bits per heavy atom. The van der Waals surface area contributed by atoms with Crippen LogP contribution in [0.3, 0.4) is 0 Å². The van der Waals surface area contributed by atoms with Crippen LogP contribution in [0.1, 0.15) is 23.6 Å². The lowest BCUT2D eigenvalue weighted by Gasteiger charge is -2.26. The van der Waals surface area contributed by atoms with E-state index in [-0.39, 0.29) is 5.82 Å². The fourth-order valence-corrected chi connectivity index (χ4v) is 2.75. The minimum Gasteiger partial charge on any atom is -0.385 e. The van der Waals surface area contributed by atoms with Crippen molar-refractivity contribution in [2.45, 2.75) is 25.9 Å². The minimum absolute atomic E-state index is 0.292. The van der Waals surface area contributed by atoms with E-state index in [0.29, 0.717) is 10.9 Å². The van der Waals surface area contributed by atoms with Gasteiger partial charge < -0.3 is 5.11 Å². The Balaban J connectivity index is 2.31. The third-order valence-electron chi connectivity index (χ3n) is 3.26. The number of hydrogen-bond donors (Lipinski definition) is 1. The molecule has 0 aliphatic rings. The average Bonchev–Trinajstić information content (AvgIpc) is 2.34. The van der Waals surface area contributed by atoms with Crippen molar-refractivity contribution in [3.05, 3.63) is 69.4 Å². The van der Waals surface area contributed by atoms with Gasteiger partial charge >= 0.3 is 0 Å². The van der Waals surface area contributed by atoms with Crippen molar-refractivity contribution in [3.63, 3.8) is 0 Å². The van der Waals surface area contributed by atoms with Crippen LogP contribution in [0.4, 0.5) is 4.39 Å². The lowest BCUT2D eigenvalue weighted by Crippen LogP contribution is -2.25. The molecule has 2 aromatic carbocycles. The van der Waals surface area contributed by atoms with Gasteiger partial charge in [0.05, 0.1) is 10.1 Å². The highest BCUT2D eigenvalue weighted by Crippen LogP contribution is 2.29. The zero-order valence-electron chi connectivity index (χ0n) is 11.0. The number of aliphatic hydroxyl groups is 1. The van der Waals surface area contributed by atoms with E-state index in [1.807, 2.05) is 31.2 Å². The first-order valence-electron chi connectivity index (χ1n) is 6.12. The van der Waals surface area contributed by atoms with Crippen LogP contribution in [0.15, 0.2) is 46.9 Å². The maximum Gasteiger partial charge on any atom is 0.137 e. The number of aryl methyl sites for hydroxylation is 1. The molecule has 0 radical (unpaired) electrons. The van der Waals surface area contributed by atoms with Gasteiger partial charge in [-0.25, -0.2) is 4.39 Å². The van der Waals surface area contributed by atoms with Gasteiger partial charge in [-0.2, -0.15) is 0 Å². The van der Waals surface area contributed by atoms with E-state index in [2.05, 4.69) is 15.9 Å². The predicted octanol–water partition coefficient (Wildman–Crippen LogP) is 4.35. The first-order chi connectivity index (χ1) is 8.90. The molecule has 1 unspecified atom stereocenters. The zero-order chi connectivity index (χ0) is 14.0. The maximum atomic E-state index is 13.2. The van der Waals surface area contributed by atoms with Crippen LogP contribution in [-0.2, 0) is 12.0 Å². The van der Waals surface area contributed by atoms with Crippen LogP contribution in [0, 0.1) is 12.7 Å². The number of benzene rings is 2. The van der Waals surface area contributed by atoms with E-state index >= 15 is 0 Å². The quantitative estimate of drug-likeness (QED) is 0.890. The summed E-state index contributed by atoms with van der Waals surface area (Å²) in [4.78, 5) is 0. The second-order valence-electron chi connectivity index (χ2n) is 5.01. The summed E-state index contributed by atoms with van der Waals surface area (Å²) in [6.45, 7) is 3.76. The molecular weight excluding hydrogens is 307 g/mol. The van der Waals surface area contributed by atoms with Crippen LogP contribution >= 0.6 is 15.9 Å². The topological polar surface area (TPSA) is 20.2 Å². The molecule has 1 nitrogen and oxygen atoms in total. The highest BCUT2D eigenvalue weighted by atomic mass is 79.9. The third-order valence-corrected chi connectivity index (χ3v) is 3.87. The number of hydrogen-bond acceptors (Lipinski definition) is 1. The Labute approximate surface area is 121 Å². The standard InChI is InChI=1S/C16H16BrFO/c1-11-5-3-4-6-13(11)16(2,19)10-12-7-8-15(18)14(17)9-12/h3-9,19H,10H2,1-2H3. The van der Waals surface area contributed by atoms with Crippen LogP contribution < -0.4 is 0 Å². The molecule has 100 valence electrons. The van der Waals surface area contributed by atoms with Gasteiger partial charge in [-0.15, -0.1) is 0 Å². The van der Waals surface area contributed by atoms with E-state index in [1.54, 1.807) is 19.1 Å². The Kier molecular flexibility index (Phi) is 4.07. The van der Waals surface area contributed by atoms with Gasteiger partial charge in [-0.05, 0) is 58.6 Å². The SMILES string of the molecule is Cc1ccccc1C(C)(O)Cc1ccc(F)c(Br)c1. The van der Waals surface area contributed by atoms with Gasteiger partial charge in [0.2, 0.25) is 0 Å². The molecule has 0 aromatic heterocycles. The average molecular weight is 323 g/mol. The summed E-state index contributed by atoms with van der Waals surface area (Å²) >= 11 is 3.17. The summed E-state index contributed by atoms with van der Waals surface area (Å²) in [5.74, 6) is -0.292. The first kappa shape index (κ1) is 14.2. The highest BCUT2D eigenvalue weighted by Gasteiger charge is 2.25. The molecule has 2 rings (SSSR count). The van der Waals surface area contributed by atoms with E-state index in [4.69, 9.17) is 0 Å². The zero-order valence-corrected chi connectivity index (χ0v) is 12.5. The molecule has 0 aliphatic carbocycles. The molecule has 1 atom stereocenters. The molecule has 1 N–H and O–H groups in total. The summed E-state index contributed by atoms with van der Waals surface area (Å²) in [5.41, 5.74) is 1.87. The van der Waals surface area contributed by atoms with E-state index < -0.39 is 5.60 Å². The first-order valence-corrected chi connectivity index (χ1v) is 6.92. The highest BCUT2D eigenvalue weighted by molar-refractivity contribution is 9.10. The summed E-state index contributed by atoms with van der Waals surface area (Å²) in [6.07, 6.45) is 0.441. The molecule has 0 saturated heterocycles. The Morgan fingerprint density at radius 1 is 1.21 bits per heavy atom.